The number of hydrogen-bond acceptors (Lipinski definition) is 3. The molecule has 0 radical (unpaired) electrons. The lowest BCUT2D eigenvalue weighted by Crippen LogP contribution is -2.60. The number of benzene rings is 1. The van der Waals surface area contributed by atoms with Gasteiger partial charge in [0.1, 0.15) is 5.75 Å². The second-order valence-electron chi connectivity index (χ2n) is 8.67. The molecule has 148 valence electrons. The maximum absolute atomic E-state index is 12.4. The first-order chi connectivity index (χ1) is 12.8. The molecule has 5 nitrogen and oxygen atoms in total. The molecule has 1 amide bonds. The van der Waals surface area contributed by atoms with Crippen LogP contribution in [0.2, 0.25) is 0 Å². The van der Waals surface area contributed by atoms with Crippen molar-refractivity contribution in [3.8, 4) is 5.75 Å². The molecular weight excluding hydrogens is 358 g/mol. The molecule has 2 aliphatic heterocycles. The van der Waals surface area contributed by atoms with Gasteiger partial charge >= 0.3 is 0 Å². The number of thiocarbonyl (C=S) groups is 1. The number of piperidine rings is 2. The van der Waals surface area contributed by atoms with Gasteiger partial charge in [0.2, 0.25) is 5.91 Å². The summed E-state index contributed by atoms with van der Waals surface area (Å²) in [6.45, 7) is 5.89. The third-order valence-electron chi connectivity index (χ3n) is 5.57. The molecule has 2 fully saturated rings. The molecule has 1 aromatic rings. The van der Waals surface area contributed by atoms with Crippen molar-refractivity contribution in [3.63, 3.8) is 0 Å². The molecular formula is C21H31N3O2S. The molecule has 2 heterocycles. The topological polar surface area (TPSA) is 53.6 Å². The van der Waals surface area contributed by atoms with E-state index in [-0.39, 0.29) is 17.4 Å². The van der Waals surface area contributed by atoms with Crippen molar-refractivity contribution in [2.45, 2.75) is 71.0 Å². The van der Waals surface area contributed by atoms with Crippen molar-refractivity contribution in [3.05, 3.63) is 24.3 Å². The van der Waals surface area contributed by atoms with Gasteiger partial charge in [-0.2, -0.15) is 0 Å². The molecule has 0 aromatic heterocycles. The zero-order valence-electron chi connectivity index (χ0n) is 16.7. The lowest BCUT2D eigenvalue weighted by Gasteiger charge is -2.50. The third kappa shape index (κ3) is 4.54. The van der Waals surface area contributed by atoms with Crippen molar-refractivity contribution >= 4 is 28.9 Å². The fraction of sp³-hybridized carbons (Fsp3) is 0.619. The average molecular weight is 390 g/mol. The van der Waals surface area contributed by atoms with E-state index in [0.717, 1.165) is 42.2 Å². The van der Waals surface area contributed by atoms with Gasteiger partial charge in [0, 0.05) is 23.5 Å². The van der Waals surface area contributed by atoms with E-state index < -0.39 is 0 Å². The highest BCUT2D eigenvalue weighted by atomic mass is 32.1. The first-order valence-corrected chi connectivity index (χ1v) is 10.2. The van der Waals surface area contributed by atoms with Crippen LogP contribution in [-0.4, -0.2) is 41.2 Å². The molecule has 2 bridgehead atoms. The van der Waals surface area contributed by atoms with Gasteiger partial charge in [0.15, 0.2) is 5.11 Å². The Labute approximate surface area is 167 Å². The highest BCUT2D eigenvalue weighted by Gasteiger charge is 2.40. The summed E-state index contributed by atoms with van der Waals surface area (Å²) in [5, 5.41) is 7.41. The van der Waals surface area contributed by atoms with Crippen LogP contribution in [0.5, 0.6) is 5.75 Å². The molecule has 6 heteroatoms. The van der Waals surface area contributed by atoms with Crippen LogP contribution in [0.25, 0.3) is 0 Å². The zero-order valence-corrected chi connectivity index (χ0v) is 17.6. The van der Waals surface area contributed by atoms with E-state index in [2.05, 4.69) is 15.5 Å². The Kier molecular flexibility index (Phi) is 5.94. The summed E-state index contributed by atoms with van der Waals surface area (Å²) < 4.78 is 5.43. The molecule has 0 saturated carbocycles. The molecule has 1 aromatic carbocycles. The van der Waals surface area contributed by atoms with Crippen LogP contribution in [0.3, 0.4) is 0 Å². The summed E-state index contributed by atoms with van der Waals surface area (Å²) in [6.07, 6.45) is 5.36. The number of amides is 1. The quantitative estimate of drug-likeness (QED) is 0.767. The second-order valence-corrected chi connectivity index (χ2v) is 9.05. The summed E-state index contributed by atoms with van der Waals surface area (Å²) in [4.78, 5) is 14.8. The molecule has 2 N–H and O–H groups in total. The maximum atomic E-state index is 12.4. The Morgan fingerprint density at radius 2 is 1.81 bits per heavy atom. The largest absolute Gasteiger partial charge is 0.495 e. The van der Waals surface area contributed by atoms with Crippen LogP contribution < -0.4 is 15.4 Å². The fourth-order valence-corrected chi connectivity index (χ4v) is 4.57. The van der Waals surface area contributed by atoms with Crippen LogP contribution in [0, 0.1) is 5.41 Å². The summed E-state index contributed by atoms with van der Waals surface area (Å²) >= 11 is 5.78. The van der Waals surface area contributed by atoms with E-state index in [0.29, 0.717) is 12.1 Å². The number of hydrogen-bond donors (Lipinski definition) is 2. The number of nitrogens with zero attached hydrogens (tertiary/aromatic N) is 1. The molecule has 0 spiro atoms. The normalized spacial score (nSPS) is 24.9. The summed E-state index contributed by atoms with van der Waals surface area (Å²) in [5.41, 5.74) is 0.540. The lowest BCUT2D eigenvalue weighted by atomic mass is 9.81. The number of fused-ring (bicyclic) bond motifs is 2. The smallest absolute Gasteiger partial charge is 0.225 e. The molecule has 27 heavy (non-hydrogen) atoms. The minimum atomic E-state index is -0.354. The Morgan fingerprint density at radius 3 is 2.41 bits per heavy atom. The van der Waals surface area contributed by atoms with Crippen LogP contribution in [-0.2, 0) is 4.79 Å². The Morgan fingerprint density at radius 1 is 1.19 bits per heavy atom. The molecule has 2 atom stereocenters. The van der Waals surface area contributed by atoms with Crippen molar-refractivity contribution in [1.29, 1.82) is 0 Å². The summed E-state index contributed by atoms with van der Waals surface area (Å²) in [7, 11) is 1.67. The van der Waals surface area contributed by atoms with E-state index in [1.165, 1.54) is 6.42 Å². The predicted molar refractivity (Wildman–Crippen MR) is 113 cm³/mol. The van der Waals surface area contributed by atoms with E-state index in [1.54, 1.807) is 7.11 Å². The van der Waals surface area contributed by atoms with E-state index in [4.69, 9.17) is 17.0 Å². The number of rotatable bonds is 3. The van der Waals surface area contributed by atoms with Gasteiger partial charge in [-0.05, 0) is 56.5 Å². The van der Waals surface area contributed by atoms with Crippen LogP contribution in [0.15, 0.2) is 24.3 Å². The predicted octanol–water partition coefficient (Wildman–Crippen LogP) is 3.94. The Bertz CT molecular complexity index is 687. The number of methoxy groups -OCH3 is 1. The van der Waals surface area contributed by atoms with Gasteiger partial charge in [-0.15, -0.1) is 0 Å². The van der Waals surface area contributed by atoms with Crippen molar-refractivity contribution < 1.29 is 9.53 Å². The SMILES string of the molecule is COc1ccccc1NC(=S)N1[C@H]2CCC[C@H]1CC(NC(=O)C(C)(C)C)C2. The number of para-hydroxylation sites is 2. The monoisotopic (exact) mass is 389 g/mol. The molecule has 3 rings (SSSR count). The van der Waals surface area contributed by atoms with Gasteiger partial charge in [-0.3, -0.25) is 4.79 Å². The van der Waals surface area contributed by atoms with Crippen LogP contribution in [0.1, 0.15) is 52.9 Å². The van der Waals surface area contributed by atoms with Gasteiger partial charge < -0.3 is 20.3 Å². The average Bonchev–Trinajstić information content (AvgIpc) is 2.60. The van der Waals surface area contributed by atoms with Gasteiger partial charge in [-0.25, -0.2) is 0 Å². The molecule has 0 aliphatic carbocycles. The molecule has 0 unspecified atom stereocenters. The fourth-order valence-electron chi connectivity index (χ4n) is 4.16. The van der Waals surface area contributed by atoms with Gasteiger partial charge in [0.25, 0.3) is 0 Å². The standard InChI is InChI=1S/C21H31N3O2S/c1-21(2,3)19(25)22-14-12-15-8-7-9-16(13-14)24(15)20(27)23-17-10-5-6-11-18(17)26-4/h5-6,10-11,14-16H,7-9,12-13H2,1-4H3,(H,22,25)(H,23,27)/t15-,16-/m0/s1. The number of carbonyl (C=O) groups is 1. The number of carbonyl (C=O) groups excluding carboxylic acids is 1. The summed E-state index contributed by atoms with van der Waals surface area (Å²) in [5.74, 6) is 0.922. The summed E-state index contributed by atoms with van der Waals surface area (Å²) in [6, 6.07) is 8.82. The zero-order chi connectivity index (χ0) is 19.6. The second kappa shape index (κ2) is 8.05. The lowest BCUT2D eigenvalue weighted by molar-refractivity contribution is -0.129. The number of ether oxygens (including phenoxy) is 1. The van der Waals surface area contributed by atoms with Crippen molar-refractivity contribution in [2.24, 2.45) is 5.41 Å². The minimum Gasteiger partial charge on any atom is -0.495 e. The van der Waals surface area contributed by atoms with Crippen LogP contribution >= 0.6 is 12.2 Å². The Balaban J connectivity index is 1.69. The highest BCUT2D eigenvalue weighted by Crippen LogP contribution is 2.35. The third-order valence-corrected chi connectivity index (χ3v) is 5.89. The molecule has 2 aliphatic rings. The van der Waals surface area contributed by atoms with Gasteiger partial charge in [-0.1, -0.05) is 32.9 Å². The minimum absolute atomic E-state index is 0.133. The van der Waals surface area contributed by atoms with Crippen molar-refractivity contribution in [1.82, 2.24) is 10.2 Å². The number of anilines is 1. The first kappa shape index (κ1) is 19.9. The number of nitrogens with one attached hydrogen (secondary N) is 2. The van der Waals surface area contributed by atoms with Gasteiger partial charge in [0.05, 0.1) is 12.8 Å². The van der Waals surface area contributed by atoms with E-state index in [1.807, 2.05) is 45.0 Å². The van der Waals surface area contributed by atoms with E-state index in [9.17, 15) is 4.79 Å². The van der Waals surface area contributed by atoms with E-state index >= 15 is 0 Å². The maximum Gasteiger partial charge on any atom is 0.225 e. The van der Waals surface area contributed by atoms with Crippen LogP contribution in [0.4, 0.5) is 5.69 Å². The Hall–Kier alpha value is -1.82. The first-order valence-electron chi connectivity index (χ1n) is 9.83. The van der Waals surface area contributed by atoms with Crippen molar-refractivity contribution in [2.75, 3.05) is 12.4 Å². The highest BCUT2D eigenvalue weighted by molar-refractivity contribution is 7.80. The molecule has 2 saturated heterocycles.